The molecule has 0 amide bonds. The number of hydrogen-bond donors (Lipinski definition) is 2. The van der Waals surface area contributed by atoms with Gasteiger partial charge in [0.15, 0.2) is 5.82 Å². The first kappa shape index (κ1) is 11.9. The smallest absolute Gasteiger partial charge is 0.213 e. The van der Waals surface area contributed by atoms with Crippen molar-refractivity contribution in [2.24, 2.45) is 0 Å². The second-order valence-corrected chi connectivity index (χ2v) is 4.55. The van der Waals surface area contributed by atoms with Crippen LogP contribution < -0.4 is 10.6 Å². The number of nitrogens with one attached hydrogen (secondary N) is 2. The van der Waals surface area contributed by atoms with Crippen molar-refractivity contribution in [2.75, 3.05) is 24.2 Å². The summed E-state index contributed by atoms with van der Waals surface area (Å²) in [5, 5.41) is 10.1. The molecule has 19 heavy (non-hydrogen) atoms. The van der Waals surface area contributed by atoms with Crippen LogP contribution in [0.15, 0.2) is 17.0 Å². The van der Waals surface area contributed by atoms with Crippen LogP contribution >= 0.6 is 0 Å². The molecule has 0 spiro atoms. The third kappa shape index (κ3) is 2.98. The van der Waals surface area contributed by atoms with Crippen LogP contribution in [0.1, 0.15) is 30.4 Å². The van der Waals surface area contributed by atoms with Crippen LogP contribution in [0.25, 0.3) is 0 Å². The van der Waals surface area contributed by atoms with E-state index >= 15 is 0 Å². The Balaban J connectivity index is 1.64. The van der Waals surface area contributed by atoms with E-state index in [0.717, 1.165) is 17.5 Å². The first-order valence-corrected chi connectivity index (χ1v) is 6.41. The first-order valence-electron chi connectivity index (χ1n) is 6.41. The van der Waals surface area contributed by atoms with E-state index in [-0.39, 0.29) is 0 Å². The van der Waals surface area contributed by atoms with Crippen LogP contribution in [0.5, 0.6) is 0 Å². The van der Waals surface area contributed by atoms with E-state index in [1.807, 2.05) is 13.1 Å². The maximum Gasteiger partial charge on any atom is 0.213 e. The lowest BCUT2D eigenvalue weighted by Gasteiger charge is -2.08. The molecule has 2 heterocycles. The molecule has 7 nitrogen and oxygen atoms in total. The summed E-state index contributed by atoms with van der Waals surface area (Å²) in [7, 11) is 1.86. The molecule has 1 saturated carbocycles. The molecule has 1 aliphatic carbocycles. The normalized spacial score (nSPS) is 14.4. The van der Waals surface area contributed by atoms with Gasteiger partial charge in [0.05, 0.1) is 0 Å². The van der Waals surface area contributed by atoms with Crippen molar-refractivity contribution in [2.45, 2.75) is 25.2 Å². The second-order valence-electron chi connectivity index (χ2n) is 4.55. The van der Waals surface area contributed by atoms with Gasteiger partial charge in [-0.05, 0) is 12.8 Å². The van der Waals surface area contributed by atoms with Crippen LogP contribution in [0.3, 0.4) is 0 Å². The highest BCUT2D eigenvalue weighted by atomic mass is 16.5. The topological polar surface area (TPSA) is 88.8 Å². The number of hydrogen-bond acceptors (Lipinski definition) is 7. The summed E-state index contributed by atoms with van der Waals surface area (Å²) in [5.41, 5.74) is 0. The number of nitrogens with zero attached hydrogens (tertiary/aromatic N) is 4. The first-order chi connectivity index (χ1) is 9.35. The molecule has 0 saturated heterocycles. The van der Waals surface area contributed by atoms with Crippen LogP contribution in [-0.4, -0.2) is 33.7 Å². The summed E-state index contributed by atoms with van der Waals surface area (Å²) in [6, 6.07) is 1.90. The molecule has 0 unspecified atom stereocenters. The van der Waals surface area contributed by atoms with Crippen molar-refractivity contribution in [1.82, 2.24) is 20.1 Å². The molecule has 0 bridgehead atoms. The minimum absolute atomic E-state index is 0.533. The highest BCUT2D eigenvalue weighted by Gasteiger charge is 2.27. The van der Waals surface area contributed by atoms with Crippen molar-refractivity contribution in [1.29, 1.82) is 0 Å². The molecule has 100 valence electrons. The van der Waals surface area contributed by atoms with E-state index in [1.165, 1.54) is 19.2 Å². The van der Waals surface area contributed by atoms with Crippen LogP contribution in [-0.2, 0) is 6.42 Å². The lowest BCUT2D eigenvalue weighted by Crippen LogP contribution is -2.09. The van der Waals surface area contributed by atoms with E-state index in [2.05, 4.69) is 35.3 Å². The van der Waals surface area contributed by atoms with Gasteiger partial charge in [0.2, 0.25) is 6.39 Å². The van der Waals surface area contributed by atoms with Gasteiger partial charge in [0, 0.05) is 32.0 Å². The fourth-order valence-electron chi connectivity index (χ4n) is 1.81. The Morgan fingerprint density at radius 3 is 2.84 bits per heavy atom. The number of anilines is 2. The van der Waals surface area contributed by atoms with E-state index < -0.39 is 0 Å². The van der Waals surface area contributed by atoms with Crippen molar-refractivity contribution >= 4 is 11.6 Å². The zero-order chi connectivity index (χ0) is 13.1. The lowest BCUT2D eigenvalue weighted by molar-refractivity contribution is 0.410. The molecular formula is C12H16N6O. The molecule has 0 aliphatic heterocycles. The summed E-state index contributed by atoms with van der Waals surface area (Å²) in [6.45, 7) is 0.712. The number of aromatic nitrogens is 4. The summed E-state index contributed by atoms with van der Waals surface area (Å²) in [6.07, 6.45) is 4.42. The molecule has 2 N–H and O–H groups in total. The average Bonchev–Trinajstić information content (AvgIpc) is 3.17. The van der Waals surface area contributed by atoms with Crippen molar-refractivity contribution in [3.8, 4) is 0 Å². The predicted octanol–water partition coefficient (Wildman–Crippen LogP) is 1.43. The maximum absolute atomic E-state index is 4.69. The standard InChI is InChI=1S/C12H16N6O/c1-13-10-6-11(17-12(16-10)8-2-3-8)14-5-4-9-15-7-19-18-9/h6-8H,2-5H2,1H3,(H2,13,14,16,17). The van der Waals surface area contributed by atoms with Crippen molar-refractivity contribution < 1.29 is 4.52 Å². The maximum atomic E-state index is 4.69. The van der Waals surface area contributed by atoms with Gasteiger partial charge in [0.1, 0.15) is 17.5 Å². The quantitative estimate of drug-likeness (QED) is 0.812. The SMILES string of the molecule is CNc1cc(NCCc2ncon2)nc(C2CC2)n1. The molecule has 1 fully saturated rings. The van der Waals surface area contributed by atoms with Crippen molar-refractivity contribution in [3.05, 3.63) is 24.1 Å². The zero-order valence-corrected chi connectivity index (χ0v) is 10.8. The summed E-state index contributed by atoms with van der Waals surface area (Å²) in [5.74, 6) is 3.83. The molecule has 0 atom stereocenters. The third-order valence-corrected chi connectivity index (χ3v) is 3.00. The van der Waals surface area contributed by atoms with Gasteiger partial charge in [-0.1, -0.05) is 5.16 Å². The summed E-state index contributed by atoms with van der Waals surface area (Å²) < 4.78 is 4.69. The molecule has 1 aliphatic rings. The van der Waals surface area contributed by atoms with E-state index in [0.29, 0.717) is 24.7 Å². The summed E-state index contributed by atoms with van der Waals surface area (Å²) in [4.78, 5) is 13.0. The van der Waals surface area contributed by atoms with E-state index in [9.17, 15) is 0 Å². The van der Waals surface area contributed by atoms with Gasteiger partial charge in [-0.15, -0.1) is 0 Å². The second kappa shape index (κ2) is 5.21. The van der Waals surface area contributed by atoms with Crippen LogP contribution in [0.2, 0.25) is 0 Å². The largest absolute Gasteiger partial charge is 0.373 e. The monoisotopic (exact) mass is 260 g/mol. The minimum Gasteiger partial charge on any atom is -0.373 e. The third-order valence-electron chi connectivity index (χ3n) is 3.00. The van der Waals surface area contributed by atoms with Gasteiger partial charge in [0.25, 0.3) is 0 Å². The minimum atomic E-state index is 0.533. The van der Waals surface area contributed by atoms with E-state index in [4.69, 9.17) is 0 Å². The zero-order valence-electron chi connectivity index (χ0n) is 10.8. The van der Waals surface area contributed by atoms with Crippen molar-refractivity contribution in [3.63, 3.8) is 0 Å². The Labute approximate surface area is 110 Å². The van der Waals surface area contributed by atoms with Gasteiger partial charge in [-0.2, -0.15) is 4.98 Å². The predicted molar refractivity (Wildman–Crippen MR) is 70.0 cm³/mol. The fraction of sp³-hybridized carbons (Fsp3) is 0.500. The van der Waals surface area contributed by atoms with Gasteiger partial charge >= 0.3 is 0 Å². The van der Waals surface area contributed by atoms with Crippen LogP contribution in [0.4, 0.5) is 11.6 Å². The number of rotatable bonds is 6. The molecule has 2 aromatic rings. The highest BCUT2D eigenvalue weighted by molar-refractivity contribution is 5.47. The molecule has 0 aromatic carbocycles. The molecular weight excluding hydrogens is 244 g/mol. The van der Waals surface area contributed by atoms with Gasteiger partial charge in [-0.25, -0.2) is 9.97 Å². The van der Waals surface area contributed by atoms with Crippen LogP contribution in [0, 0.1) is 0 Å². The highest BCUT2D eigenvalue weighted by Crippen LogP contribution is 2.38. The Morgan fingerprint density at radius 1 is 1.32 bits per heavy atom. The molecule has 2 aromatic heterocycles. The van der Waals surface area contributed by atoms with E-state index in [1.54, 1.807) is 0 Å². The molecule has 7 heteroatoms. The Morgan fingerprint density at radius 2 is 2.16 bits per heavy atom. The van der Waals surface area contributed by atoms with Gasteiger partial charge in [-0.3, -0.25) is 0 Å². The summed E-state index contributed by atoms with van der Waals surface area (Å²) >= 11 is 0. The lowest BCUT2D eigenvalue weighted by atomic mass is 10.3. The molecule has 0 radical (unpaired) electrons. The fourth-order valence-corrected chi connectivity index (χ4v) is 1.81. The Bertz CT molecular complexity index is 537. The Kier molecular flexibility index (Phi) is 3.26. The Hall–Kier alpha value is -2.18. The average molecular weight is 260 g/mol. The van der Waals surface area contributed by atoms with Gasteiger partial charge < -0.3 is 15.2 Å². The molecule has 3 rings (SSSR count).